The molecule has 0 aliphatic carbocycles. The van der Waals surface area contributed by atoms with Crippen molar-refractivity contribution in [3.8, 4) is 22.3 Å². The van der Waals surface area contributed by atoms with E-state index in [-0.39, 0.29) is 23.1 Å². The summed E-state index contributed by atoms with van der Waals surface area (Å²) in [5.41, 5.74) is 6.27. The predicted octanol–water partition coefficient (Wildman–Crippen LogP) is 10.5. The van der Waals surface area contributed by atoms with Crippen molar-refractivity contribution in [2.45, 2.75) is 33.1 Å². The first-order chi connectivity index (χ1) is 23.5. The van der Waals surface area contributed by atoms with Crippen molar-refractivity contribution in [3.63, 3.8) is 0 Å². The lowest BCUT2D eigenvalue weighted by Gasteiger charge is -2.28. The topological polar surface area (TPSA) is 83.4 Å². The number of carboxylic acid groups (broad SMARTS) is 1. The van der Waals surface area contributed by atoms with Crippen LogP contribution in [0.5, 0.6) is 0 Å². The number of likely N-dealkylation sites (tertiary alicyclic amines) is 1. The van der Waals surface area contributed by atoms with Gasteiger partial charge in [-0.05, 0) is 105 Å². The number of aromatic carboxylic acids is 1. The molecule has 6 aromatic rings. The maximum absolute atomic E-state index is 13.5. The molecule has 1 saturated heterocycles. The Kier molecular flexibility index (Phi) is 10.2. The third kappa shape index (κ3) is 7.26. The monoisotopic (exact) mass is 785 g/mol. The van der Waals surface area contributed by atoms with Gasteiger partial charge < -0.3 is 10.0 Å². The smallest absolute Gasteiger partial charge is 0.338 e. The minimum atomic E-state index is -1.05. The first-order valence-electron chi connectivity index (χ1n) is 15.8. The van der Waals surface area contributed by atoms with Crippen LogP contribution in [0.1, 0.15) is 51.4 Å². The first kappa shape index (κ1) is 34.3. The molecule has 248 valence electrons. The molecule has 1 N–H and O–H groups in total. The van der Waals surface area contributed by atoms with E-state index in [0.29, 0.717) is 39.0 Å². The van der Waals surface area contributed by atoms with Gasteiger partial charge in [-0.15, -0.1) is 0 Å². The zero-order valence-electron chi connectivity index (χ0n) is 26.7. The number of hydrogen-bond donors (Lipinski definition) is 1. The van der Waals surface area contributed by atoms with Crippen molar-refractivity contribution < 1.29 is 23.5 Å². The van der Waals surface area contributed by atoms with Gasteiger partial charge in [-0.2, -0.15) is 0 Å². The van der Waals surface area contributed by atoms with Gasteiger partial charge in [-0.3, -0.25) is 14.8 Å². The maximum atomic E-state index is 13.5. The van der Waals surface area contributed by atoms with Crippen molar-refractivity contribution in [2.75, 3.05) is 13.1 Å². The van der Waals surface area contributed by atoms with E-state index >= 15 is 0 Å². The van der Waals surface area contributed by atoms with Gasteiger partial charge in [0.2, 0.25) is 0 Å². The first-order valence-corrected chi connectivity index (χ1v) is 17.3. The third-order valence-corrected chi connectivity index (χ3v) is 9.58. The van der Waals surface area contributed by atoms with Gasteiger partial charge in [0, 0.05) is 43.9 Å². The number of carbonyl (C=O) groups excluding carboxylic acids is 1. The van der Waals surface area contributed by atoms with Gasteiger partial charge in [-0.25, -0.2) is 13.6 Å². The van der Waals surface area contributed by atoms with Gasteiger partial charge in [0.15, 0.2) is 0 Å². The molecule has 1 aliphatic heterocycles. The van der Waals surface area contributed by atoms with Crippen LogP contribution in [0, 0.1) is 25.5 Å². The Hall–Kier alpha value is -4.54. The Balaban J connectivity index is 0.000000174. The summed E-state index contributed by atoms with van der Waals surface area (Å²) in [4.78, 5) is 36.1. The van der Waals surface area contributed by atoms with E-state index in [0.717, 1.165) is 63.3 Å². The number of rotatable bonds is 4. The number of nitrogens with zero attached hydrogens (tertiary/aromatic N) is 3. The molecule has 0 saturated carbocycles. The highest BCUT2D eigenvalue weighted by Crippen LogP contribution is 2.37. The van der Waals surface area contributed by atoms with Crippen LogP contribution in [-0.2, 0) is 0 Å². The summed E-state index contributed by atoms with van der Waals surface area (Å²) in [5.74, 6) is -1.69. The molecule has 0 atom stereocenters. The lowest BCUT2D eigenvalue weighted by atomic mass is 9.93. The average molecular weight is 787 g/mol. The number of amides is 1. The van der Waals surface area contributed by atoms with E-state index in [9.17, 15) is 23.5 Å². The Morgan fingerprint density at radius 2 is 1.08 bits per heavy atom. The van der Waals surface area contributed by atoms with Gasteiger partial charge in [0.25, 0.3) is 5.91 Å². The fraction of sp³-hybridized carbons (Fsp3) is 0.179. The lowest BCUT2D eigenvalue weighted by molar-refractivity contribution is 0.0694. The number of benzene rings is 4. The number of aryl methyl sites for hydroxylation is 2. The summed E-state index contributed by atoms with van der Waals surface area (Å²) in [5, 5.41) is 11.2. The lowest BCUT2D eigenvalue weighted by Crippen LogP contribution is -2.36. The van der Waals surface area contributed by atoms with Crippen molar-refractivity contribution in [1.29, 1.82) is 0 Å². The fourth-order valence-corrected chi connectivity index (χ4v) is 7.05. The van der Waals surface area contributed by atoms with E-state index in [1.165, 1.54) is 24.3 Å². The number of carboxylic acids is 1. The summed E-state index contributed by atoms with van der Waals surface area (Å²) >= 11 is 6.92. The largest absolute Gasteiger partial charge is 0.478 e. The summed E-state index contributed by atoms with van der Waals surface area (Å²) < 4.78 is 28.4. The summed E-state index contributed by atoms with van der Waals surface area (Å²) in [6.45, 7) is 5.10. The van der Waals surface area contributed by atoms with Gasteiger partial charge in [-0.1, -0.05) is 56.1 Å². The van der Waals surface area contributed by atoms with Crippen molar-refractivity contribution in [1.82, 2.24) is 14.9 Å². The quantitative estimate of drug-likeness (QED) is 0.192. The number of pyridine rings is 2. The van der Waals surface area contributed by atoms with Crippen LogP contribution < -0.4 is 0 Å². The Bertz CT molecular complexity index is 2220. The Morgan fingerprint density at radius 1 is 0.653 bits per heavy atom. The molecular weight excluding hydrogens is 756 g/mol. The summed E-state index contributed by atoms with van der Waals surface area (Å²) in [7, 11) is 0. The second-order valence-electron chi connectivity index (χ2n) is 11.9. The molecule has 1 fully saturated rings. The molecule has 0 spiro atoms. The van der Waals surface area contributed by atoms with Crippen LogP contribution in [0.4, 0.5) is 8.78 Å². The van der Waals surface area contributed by atoms with Crippen LogP contribution in [0.25, 0.3) is 44.1 Å². The molecule has 10 heteroatoms. The highest BCUT2D eigenvalue weighted by Gasteiger charge is 2.26. The molecule has 0 unspecified atom stereocenters. The molecule has 7 rings (SSSR count). The summed E-state index contributed by atoms with van der Waals surface area (Å²) in [6, 6.07) is 23.5. The molecule has 0 bridgehead atoms. The van der Waals surface area contributed by atoms with Crippen LogP contribution >= 0.6 is 31.9 Å². The summed E-state index contributed by atoms with van der Waals surface area (Å²) in [6.07, 6.45) is 3.23. The molecule has 49 heavy (non-hydrogen) atoms. The van der Waals surface area contributed by atoms with E-state index in [1.807, 2.05) is 48.2 Å². The third-order valence-electron chi connectivity index (χ3n) is 8.59. The van der Waals surface area contributed by atoms with Crippen LogP contribution in [0.15, 0.2) is 93.9 Å². The number of aromatic nitrogens is 2. The Labute approximate surface area is 299 Å². The molecule has 1 aliphatic rings. The molecule has 3 heterocycles. The van der Waals surface area contributed by atoms with E-state index in [2.05, 4.69) is 36.8 Å². The number of halogens is 4. The van der Waals surface area contributed by atoms with Gasteiger partial charge in [0.05, 0.1) is 33.5 Å². The molecular formula is C39H31Br2F2N3O3. The second kappa shape index (κ2) is 14.5. The Morgan fingerprint density at radius 3 is 1.53 bits per heavy atom. The number of carbonyl (C=O) groups is 2. The molecule has 6 nitrogen and oxygen atoms in total. The van der Waals surface area contributed by atoms with E-state index < -0.39 is 5.97 Å². The van der Waals surface area contributed by atoms with Crippen LogP contribution in [-0.4, -0.2) is 44.9 Å². The van der Waals surface area contributed by atoms with E-state index in [1.54, 1.807) is 31.2 Å². The normalized spacial score (nSPS) is 12.9. The molecule has 1 amide bonds. The maximum Gasteiger partial charge on any atom is 0.338 e. The van der Waals surface area contributed by atoms with E-state index in [4.69, 9.17) is 4.98 Å². The zero-order chi connectivity index (χ0) is 34.8. The number of piperidine rings is 1. The predicted molar refractivity (Wildman–Crippen MR) is 196 cm³/mol. The minimum Gasteiger partial charge on any atom is -0.478 e. The van der Waals surface area contributed by atoms with Crippen molar-refractivity contribution in [2.24, 2.45) is 0 Å². The van der Waals surface area contributed by atoms with Crippen molar-refractivity contribution in [3.05, 3.63) is 128 Å². The zero-order valence-corrected chi connectivity index (χ0v) is 29.9. The highest BCUT2D eigenvalue weighted by molar-refractivity contribution is 9.10. The van der Waals surface area contributed by atoms with Crippen molar-refractivity contribution >= 4 is 65.5 Å². The number of hydrogen-bond acceptors (Lipinski definition) is 4. The second-order valence-corrected chi connectivity index (χ2v) is 13.7. The molecule has 2 aromatic heterocycles. The number of fused-ring (bicyclic) bond motifs is 2. The van der Waals surface area contributed by atoms with Gasteiger partial charge >= 0.3 is 5.97 Å². The van der Waals surface area contributed by atoms with Crippen LogP contribution in [0.2, 0.25) is 0 Å². The van der Waals surface area contributed by atoms with Gasteiger partial charge in [0.1, 0.15) is 11.6 Å². The standard InChI is InChI=1S/C22H20BrFN2O.C17H11BrFNO2/c1-14-20(22(27)26-11-3-2-4-12-26)21(15-5-8-17(24)9-6-15)18-13-16(23)7-10-19(18)25-14;1-9-15(17(21)22)16(10-2-5-12(19)6-3-10)13-8-11(18)4-7-14(13)20-9/h5-10,13H,2-4,11-12H2,1H3;2-8H,1H3,(H,21,22). The highest BCUT2D eigenvalue weighted by atomic mass is 79.9. The average Bonchev–Trinajstić information content (AvgIpc) is 3.09. The SMILES string of the molecule is Cc1nc2ccc(Br)cc2c(-c2ccc(F)cc2)c1C(=O)N1CCCCC1.Cc1nc2ccc(Br)cc2c(-c2ccc(F)cc2)c1C(=O)O. The molecule has 0 radical (unpaired) electrons. The molecule has 4 aromatic carbocycles. The minimum absolute atomic E-state index is 0.0147. The fourth-order valence-electron chi connectivity index (χ4n) is 6.33. The van der Waals surface area contributed by atoms with Crippen LogP contribution in [0.3, 0.4) is 0 Å².